The van der Waals surface area contributed by atoms with E-state index in [1.54, 1.807) is 0 Å². The fourth-order valence-corrected chi connectivity index (χ4v) is 2.51. The van der Waals surface area contributed by atoms with Gasteiger partial charge in [-0.2, -0.15) is 0 Å². The molecular formula is C13H20O7. The minimum atomic E-state index is -0.836. The monoisotopic (exact) mass is 288 g/mol. The molecule has 0 spiro atoms. The highest BCUT2D eigenvalue weighted by Gasteiger charge is 2.49. The van der Waals surface area contributed by atoms with Crippen molar-refractivity contribution in [3.8, 4) is 0 Å². The number of ether oxygens (including phenoxy) is 3. The molecule has 0 saturated heterocycles. The first kappa shape index (κ1) is 16.4. The third kappa shape index (κ3) is 4.48. The molecule has 7 heteroatoms. The topological polar surface area (TPSA) is 99.1 Å². The van der Waals surface area contributed by atoms with Crippen molar-refractivity contribution in [3.63, 3.8) is 0 Å². The maximum atomic E-state index is 11.2. The maximum absolute atomic E-state index is 11.2. The predicted molar refractivity (Wildman–Crippen MR) is 66.5 cm³/mol. The minimum Gasteiger partial charge on any atom is -0.458 e. The van der Waals surface area contributed by atoms with Gasteiger partial charge in [0.05, 0.1) is 0 Å². The van der Waals surface area contributed by atoms with Crippen LogP contribution in [0, 0.1) is 5.92 Å². The van der Waals surface area contributed by atoms with Crippen LogP contribution in [0.2, 0.25) is 0 Å². The molecule has 0 unspecified atom stereocenters. The molecule has 0 amide bonds. The fraction of sp³-hybridized carbons (Fsp3) is 0.769. The SMILES string of the molecule is CC(=O)O[C@@H]1[C@@H](CCO)C[C@@H](OC(C)=O)[C@H]1OC(C)=O. The Balaban J connectivity index is 2.92. The number of aliphatic hydroxyl groups excluding tert-OH is 1. The van der Waals surface area contributed by atoms with Crippen molar-refractivity contribution in [1.82, 2.24) is 0 Å². The van der Waals surface area contributed by atoms with Gasteiger partial charge in [-0.3, -0.25) is 14.4 Å². The molecular weight excluding hydrogens is 268 g/mol. The van der Waals surface area contributed by atoms with Gasteiger partial charge >= 0.3 is 17.9 Å². The third-order valence-electron chi connectivity index (χ3n) is 3.11. The van der Waals surface area contributed by atoms with Crippen molar-refractivity contribution in [1.29, 1.82) is 0 Å². The van der Waals surface area contributed by atoms with Gasteiger partial charge in [-0.25, -0.2) is 0 Å². The summed E-state index contributed by atoms with van der Waals surface area (Å²) in [6.07, 6.45) is -1.48. The summed E-state index contributed by atoms with van der Waals surface area (Å²) >= 11 is 0. The van der Waals surface area contributed by atoms with Gasteiger partial charge in [-0.05, 0) is 12.8 Å². The van der Waals surface area contributed by atoms with Crippen LogP contribution in [-0.2, 0) is 28.6 Å². The number of aliphatic hydroxyl groups is 1. The van der Waals surface area contributed by atoms with E-state index < -0.39 is 36.2 Å². The van der Waals surface area contributed by atoms with Crippen molar-refractivity contribution in [2.75, 3.05) is 6.61 Å². The summed E-state index contributed by atoms with van der Waals surface area (Å²) in [5, 5.41) is 9.06. The van der Waals surface area contributed by atoms with Gasteiger partial charge in [0.15, 0.2) is 6.10 Å². The number of esters is 3. The molecule has 1 aliphatic rings. The van der Waals surface area contributed by atoms with Gasteiger partial charge in [0.25, 0.3) is 0 Å². The number of carbonyl (C=O) groups excluding carboxylic acids is 3. The van der Waals surface area contributed by atoms with E-state index in [0.717, 1.165) is 0 Å². The van der Waals surface area contributed by atoms with E-state index in [-0.39, 0.29) is 12.5 Å². The Kier molecular flexibility index (Phi) is 5.94. The molecule has 7 nitrogen and oxygen atoms in total. The largest absolute Gasteiger partial charge is 0.458 e. The minimum absolute atomic E-state index is 0.0952. The molecule has 0 aliphatic heterocycles. The van der Waals surface area contributed by atoms with Gasteiger partial charge < -0.3 is 19.3 Å². The Morgan fingerprint density at radius 1 is 0.950 bits per heavy atom. The lowest BCUT2D eigenvalue weighted by Gasteiger charge is -2.25. The Morgan fingerprint density at radius 3 is 1.90 bits per heavy atom. The summed E-state index contributed by atoms with van der Waals surface area (Å²) in [6.45, 7) is 3.64. The van der Waals surface area contributed by atoms with Gasteiger partial charge in [0.1, 0.15) is 12.2 Å². The molecule has 0 bridgehead atoms. The molecule has 1 saturated carbocycles. The van der Waals surface area contributed by atoms with E-state index in [1.165, 1.54) is 20.8 Å². The van der Waals surface area contributed by atoms with Gasteiger partial charge in [0.2, 0.25) is 0 Å². The van der Waals surface area contributed by atoms with E-state index in [9.17, 15) is 14.4 Å². The Bertz CT molecular complexity index is 379. The fourth-order valence-electron chi connectivity index (χ4n) is 2.51. The van der Waals surface area contributed by atoms with Crippen molar-refractivity contribution >= 4 is 17.9 Å². The molecule has 1 fully saturated rings. The van der Waals surface area contributed by atoms with Crippen molar-refractivity contribution in [3.05, 3.63) is 0 Å². The third-order valence-corrected chi connectivity index (χ3v) is 3.11. The van der Waals surface area contributed by atoms with Crippen molar-refractivity contribution in [2.24, 2.45) is 5.92 Å². The summed E-state index contributed by atoms with van der Waals surface area (Å²) in [5.74, 6) is -1.79. The molecule has 1 aliphatic carbocycles. The average molecular weight is 288 g/mol. The van der Waals surface area contributed by atoms with Crippen LogP contribution in [0.4, 0.5) is 0 Å². The van der Waals surface area contributed by atoms with Crippen LogP contribution in [0.1, 0.15) is 33.6 Å². The summed E-state index contributed by atoms with van der Waals surface area (Å²) in [7, 11) is 0. The second kappa shape index (κ2) is 7.23. The second-order valence-electron chi connectivity index (χ2n) is 4.80. The van der Waals surface area contributed by atoms with Crippen LogP contribution in [0.15, 0.2) is 0 Å². The van der Waals surface area contributed by atoms with Gasteiger partial charge in [-0.15, -0.1) is 0 Å². The molecule has 114 valence electrons. The Morgan fingerprint density at radius 2 is 1.45 bits per heavy atom. The number of carbonyl (C=O) groups is 3. The predicted octanol–water partition coefficient (Wildman–Crippen LogP) is 0.184. The highest BCUT2D eigenvalue weighted by Crippen LogP contribution is 2.35. The summed E-state index contributed by atoms with van der Waals surface area (Å²) in [5.41, 5.74) is 0. The van der Waals surface area contributed by atoms with E-state index in [0.29, 0.717) is 12.8 Å². The Hall–Kier alpha value is -1.63. The molecule has 20 heavy (non-hydrogen) atoms. The van der Waals surface area contributed by atoms with E-state index >= 15 is 0 Å². The summed E-state index contributed by atoms with van der Waals surface area (Å²) in [6, 6.07) is 0. The molecule has 0 aromatic heterocycles. The van der Waals surface area contributed by atoms with E-state index in [2.05, 4.69) is 0 Å². The zero-order valence-electron chi connectivity index (χ0n) is 11.8. The number of rotatable bonds is 5. The molecule has 0 aromatic rings. The van der Waals surface area contributed by atoms with Crippen LogP contribution >= 0.6 is 0 Å². The normalized spacial score (nSPS) is 28.8. The van der Waals surface area contributed by atoms with Crippen LogP contribution in [0.5, 0.6) is 0 Å². The molecule has 1 rings (SSSR count). The van der Waals surface area contributed by atoms with Crippen molar-refractivity contribution in [2.45, 2.75) is 51.9 Å². The lowest BCUT2D eigenvalue weighted by atomic mass is 10.0. The lowest BCUT2D eigenvalue weighted by molar-refractivity contribution is -0.175. The molecule has 1 N–H and O–H groups in total. The zero-order valence-corrected chi connectivity index (χ0v) is 11.8. The molecule has 0 radical (unpaired) electrons. The first-order valence-electron chi connectivity index (χ1n) is 6.47. The summed E-state index contributed by atoms with van der Waals surface area (Å²) in [4.78, 5) is 33.5. The highest BCUT2D eigenvalue weighted by molar-refractivity contribution is 5.68. The smallest absolute Gasteiger partial charge is 0.303 e. The maximum Gasteiger partial charge on any atom is 0.303 e. The molecule has 0 aromatic carbocycles. The van der Waals surface area contributed by atoms with Crippen molar-refractivity contribution < 1.29 is 33.7 Å². The number of hydrogen-bond acceptors (Lipinski definition) is 7. The standard InChI is InChI=1S/C13H20O7/c1-7(15)18-11-6-10(4-5-14)12(19-8(2)16)13(11)20-9(3)17/h10-14H,4-6H2,1-3H3/t10-,11+,12+,13+/m0/s1. The lowest BCUT2D eigenvalue weighted by Crippen LogP contribution is -2.39. The van der Waals surface area contributed by atoms with Crippen LogP contribution < -0.4 is 0 Å². The summed E-state index contributed by atoms with van der Waals surface area (Å²) < 4.78 is 15.4. The zero-order chi connectivity index (χ0) is 15.3. The van der Waals surface area contributed by atoms with Crippen LogP contribution in [0.25, 0.3) is 0 Å². The first-order valence-corrected chi connectivity index (χ1v) is 6.47. The van der Waals surface area contributed by atoms with Crippen LogP contribution in [0.3, 0.4) is 0 Å². The van der Waals surface area contributed by atoms with E-state index in [4.69, 9.17) is 19.3 Å². The van der Waals surface area contributed by atoms with E-state index in [1.807, 2.05) is 0 Å². The molecule has 0 heterocycles. The van der Waals surface area contributed by atoms with Crippen LogP contribution in [-0.4, -0.2) is 47.9 Å². The highest BCUT2D eigenvalue weighted by atomic mass is 16.6. The molecule has 4 atom stereocenters. The quantitative estimate of drug-likeness (QED) is 0.569. The average Bonchev–Trinajstić information content (AvgIpc) is 2.57. The van der Waals surface area contributed by atoms with Gasteiger partial charge in [-0.1, -0.05) is 0 Å². The Labute approximate surface area is 117 Å². The number of hydrogen-bond donors (Lipinski definition) is 1. The first-order chi connectivity index (χ1) is 9.35. The van der Waals surface area contributed by atoms with Gasteiger partial charge in [0, 0.05) is 33.3 Å². The second-order valence-corrected chi connectivity index (χ2v) is 4.80.